The van der Waals surface area contributed by atoms with E-state index in [0.29, 0.717) is 0 Å². The van der Waals surface area contributed by atoms with Crippen LogP contribution >= 0.6 is 0 Å². The Morgan fingerprint density at radius 3 is 2.85 bits per heavy atom. The average Bonchev–Trinajstić information content (AvgIpc) is 2.16. The molecule has 0 saturated heterocycles. The molecule has 3 nitrogen and oxygen atoms in total. The fourth-order valence-electron chi connectivity index (χ4n) is 1.09. The van der Waals surface area contributed by atoms with Crippen LogP contribution in [0, 0.1) is 0 Å². The number of hydrogen-bond donors (Lipinski definition) is 2. The van der Waals surface area contributed by atoms with E-state index in [0.717, 1.165) is 31.0 Å². The monoisotopic (exact) mass is 179 g/mol. The summed E-state index contributed by atoms with van der Waals surface area (Å²) in [5.41, 5.74) is 1.12. The lowest BCUT2D eigenvalue weighted by atomic mass is 10.3. The van der Waals surface area contributed by atoms with Crippen LogP contribution in [0.3, 0.4) is 0 Å². The molecule has 1 aromatic heterocycles. The van der Waals surface area contributed by atoms with Crippen LogP contribution in [0.5, 0.6) is 0 Å². The van der Waals surface area contributed by atoms with Crippen LogP contribution in [0.1, 0.15) is 20.3 Å². The van der Waals surface area contributed by atoms with Gasteiger partial charge in [-0.1, -0.05) is 6.92 Å². The van der Waals surface area contributed by atoms with Crippen LogP contribution in [0.4, 0.5) is 11.5 Å². The second-order valence-corrected chi connectivity index (χ2v) is 2.89. The molecule has 1 heterocycles. The third kappa shape index (κ3) is 3.32. The van der Waals surface area contributed by atoms with Gasteiger partial charge in [0.2, 0.25) is 0 Å². The maximum Gasteiger partial charge on any atom is 0.127 e. The van der Waals surface area contributed by atoms with Crippen molar-refractivity contribution in [2.45, 2.75) is 20.3 Å². The lowest BCUT2D eigenvalue weighted by Gasteiger charge is -2.06. The highest BCUT2D eigenvalue weighted by atomic mass is 15.0. The van der Waals surface area contributed by atoms with Crippen LogP contribution in [0.25, 0.3) is 0 Å². The van der Waals surface area contributed by atoms with Crippen molar-refractivity contribution < 1.29 is 0 Å². The fraction of sp³-hybridized carbons (Fsp3) is 0.500. The van der Waals surface area contributed by atoms with E-state index in [1.54, 1.807) is 0 Å². The van der Waals surface area contributed by atoms with E-state index in [-0.39, 0.29) is 0 Å². The van der Waals surface area contributed by atoms with Crippen molar-refractivity contribution >= 4 is 11.5 Å². The first kappa shape index (κ1) is 9.84. The number of aromatic nitrogens is 1. The third-order valence-corrected chi connectivity index (χ3v) is 1.70. The molecule has 72 valence electrons. The predicted molar refractivity (Wildman–Crippen MR) is 57.2 cm³/mol. The molecule has 2 N–H and O–H groups in total. The minimum absolute atomic E-state index is 0.942. The molecule has 0 aliphatic carbocycles. The first-order valence-corrected chi connectivity index (χ1v) is 4.80. The van der Waals surface area contributed by atoms with Gasteiger partial charge >= 0.3 is 0 Å². The van der Waals surface area contributed by atoms with E-state index in [4.69, 9.17) is 0 Å². The average molecular weight is 179 g/mol. The van der Waals surface area contributed by atoms with Gasteiger partial charge in [-0.15, -0.1) is 0 Å². The van der Waals surface area contributed by atoms with E-state index < -0.39 is 0 Å². The number of nitrogens with zero attached hydrogens (tertiary/aromatic N) is 1. The van der Waals surface area contributed by atoms with Gasteiger partial charge in [-0.25, -0.2) is 4.98 Å². The number of pyridine rings is 1. The molecule has 1 rings (SSSR count). The molecule has 0 aliphatic heterocycles. The summed E-state index contributed by atoms with van der Waals surface area (Å²) in [6.07, 6.45) is 2.93. The highest BCUT2D eigenvalue weighted by Crippen LogP contribution is 2.11. The smallest absolute Gasteiger partial charge is 0.127 e. The molecule has 0 aromatic carbocycles. The number of hydrogen-bond acceptors (Lipinski definition) is 3. The van der Waals surface area contributed by atoms with Gasteiger partial charge < -0.3 is 10.6 Å². The molecular formula is C10H17N3. The predicted octanol–water partition coefficient (Wildman–Crippen LogP) is 2.34. The standard InChI is InChI=1S/C10H17N3/c1-3-6-12-10-8-9(11-4-2)5-7-13-10/h5,7-8H,3-4,6H2,1-2H3,(H2,11,12,13). The van der Waals surface area contributed by atoms with E-state index >= 15 is 0 Å². The maximum atomic E-state index is 4.21. The Labute approximate surface area is 79.6 Å². The molecule has 0 fully saturated rings. The first-order chi connectivity index (χ1) is 6.36. The summed E-state index contributed by atoms with van der Waals surface area (Å²) < 4.78 is 0. The number of rotatable bonds is 5. The van der Waals surface area contributed by atoms with Crippen molar-refractivity contribution in [3.05, 3.63) is 18.3 Å². The Hall–Kier alpha value is -1.25. The molecule has 0 atom stereocenters. The Kier molecular flexibility index (Phi) is 4.09. The van der Waals surface area contributed by atoms with Crippen molar-refractivity contribution in [3.63, 3.8) is 0 Å². The molecule has 1 aromatic rings. The Morgan fingerprint density at radius 1 is 1.31 bits per heavy atom. The summed E-state index contributed by atoms with van der Waals surface area (Å²) in [5, 5.41) is 6.49. The van der Waals surface area contributed by atoms with Gasteiger partial charge in [0, 0.05) is 31.0 Å². The summed E-state index contributed by atoms with van der Waals surface area (Å²) in [6.45, 7) is 6.14. The summed E-state index contributed by atoms with van der Waals surface area (Å²) >= 11 is 0. The molecule has 0 bridgehead atoms. The van der Waals surface area contributed by atoms with Crippen LogP contribution in [-0.4, -0.2) is 18.1 Å². The summed E-state index contributed by atoms with van der Waals surface area (Å²) in [4.78, 5) is 4.21. The number of nitrogens with one attached hydrogen (secondary N) is 2. The quantitative estimate of drug-likeness (QED) is 0.728. The zero-order valence-electron chi connectivity index (χ0n) is 8.30. The Bertz CT molecular complexity index is 248. The molecule has 0 amide bonds. The van der Waals surface area contributed by atoms with Gasteiger partial charge in [-0.2, -0.15) is 0 Å². The topological polar surface area (TPSA) is 37.0 Å². The minimum Gasteiger partial charge on any atom is -0.385 e. The first-order valence-electron chi connectivity index (χ1n) is 4.80. The normalized spacial score (nSPS) is 9.69. The van der Waals surface area contributed by atoms with Gasteiger partial charge in [-0.3, -0.25) is 0 Å². The third-order valence-electron chi connectivity index (χ3n) is 1.70. The van der Waals surface area contributed by atoms with Gasteiger partial charge in [0.1, 0.15) is 5.82 Å². The molecule has 13 heavy (non-hydrogen) atoms. The zero-order chi connectivity index (χ0) is 9.52. The lowest BCUT2D eigenvalue weighted by Crippen LogP contribution is -2.03. The van der Waals surface area contributed by atoms with Crippen LogP contribution in [0.15, 0.2) is 18.3 Å². The zero-order valence-corrected chi connectivity index (χ0v) is 8.30. The Morgan fingerprint density at radius 2 is 2.15 bits per heavy atom. The van der Waals surface area contributed by atoms with Gasteiger partial charge in [0.05, 0.1) is 0 Å². The molecule has 3 heteroatoms. The molecular weight excluding hydrogens is 162 g/mol. The summed E-state index contributed by atoms with van der Waals surface area (Å²) in [7, 11) is 0. The highest BCUT2D eigenvalue weighted by Gasteiger charge is 1.93. The maximum absolute atomic E-state index is 4.21. The van der Waals surface area contributed by atoms with E-state index in [1.807, 2.05) is 18.3 Å². The van der Waals surface area contributed by atoms with E-state index in [2.05, 4.69) is 29.5 Å². The van der Waals surface area contributed by atoms with Crippen LogP contribution in [0.2, 0.25) is 0 Å². The van der Waals surface area contributed by atoms with Crippen molar-refractivity contribution in [2.24, 2.45) is 0 Å². The highest BCUT2D eigenvalue weighted by molar-refractivity contribution is 5.51. The molecule has 0 saturated carbocycles. The molecule has 0 spiro atoms. The number of anilines is 2. The lowest BCUT2D eigenvalue weighted by molar-refractivity contribution is 0.969. The SMILES string of the molecule is CCCNc1cc(NCC)ccn1. The molecule has 0 aliphatic rings. The molecule has 0 unspecified atom stereocenters. The van der Waals surface area contributed by atoms with Crippen molar-refractivity contribution in [1.29, 1.82) is 0 Å². The summed E-state index contributed by atoms with van der Waals surface area (Å²) in [5.74, 6) is 0.945. The van der Waals surface area contributed by atoms with Crippen LogP contribution in [-0.2, 0) is 0 Å². The minimum atomic E-state index is 0.942. The van der Waals surface area contributed by atoms with Crippen LogP contribution < -0.4 is 10.6 Å². The largest absolute Gasteiger partial charge is 0.385 e. The second kappa shape index (κ2) is 5.41. The van der Waals surface area contributed by atoms with Gasteiger partial charge in [0.25, 0.3) is 0 Å². The molecule has 0 radical (unpaired) electrons. The van der Waals surface area contributed by atoms with E-state index in [9.17, 15) is 0 Å². The van der Waals surface area contributed by atoms with Crippen molar-refractivity contribution in [1.82, 2.24) is 4.98 Å². The summed E-state index contributed by atoms with van der Waals surface area (Å²) in [6, 6.07) is 4.00. The fourth-order valence-corrected chi connectivity index (χ4v) is 1.09. The Balaban J connectivity index is 2.56. The van der Waals surface area contributed by atoms with Gasteiger partial charge in [0.15, 0.2) is 0 Å². The van der Waals surface area contributed by atoms with Crippen molar-refractivity contribution in [3.8, 4) is 0 Å². The second-order valence-electron chi connectivity index (χ2n) is 2.89. The van der Waals surface area contributed by atoms with Crippen molar-refractivity contribution in [2.75, 3.05) is 23.7 Å². The van der Waals surface area contributed by atoms with E-state index in [1.165, 1.54) is 0 Å². The van der Waals surface area contributed by atoms with Gasteiger partial charge in [-0.05, 0) is 19.4 Å².